The van der Waals surface area contributed by atoms with Gasteiger partial charge in [-0.1, -0.05) is 6.07 Å². The molecule has 0 aliphatic rings. The summed E-state index contributed by atoms with van der Waals surface area (Å²) in [5.41, 5.74) is -5.56. The van der Waals surface area contributed by atoms with Crippen molar-refractivity contribution in [1.29, 1.82) is 0 Å². The van der Waals surface area contributed by atoms with Gasteiger partial charge in [-0.15, -0.1) is 0 Å². The van der Waals surface area contributed by atoms with Crippen LogP contribution >= 0.6 is 0 Å². The lowest BCUT2D eigenvalue weighted by Crippen LogP contribution is -2.42. The number of aryl methyl sites for hydroxylation is 1. The van der Waals surface area contributed by atoms with Crippen molar-refractivity contribution in [2.24, 2.45) is 5.92 Å². The van der Waals surface area contributed by atoms with Crippen molar-refractivity contribution in [2.75, 3.05) is 25.2 Å². The predicted octanol–water partition coefficient (Wildman–Crippen LogP) is 7.49. The molecule has 0 radical (unpaired) electrons. The van der Waals surface area contributed by atoms with Gasteiger partial charge < -0.3 is 14.4 Å². The number of amides is 1. The number of halogens is 7. The van der Waals surface area contributed by atoms with Gasteiger partial charge in [0, 0.05) is 12.6 Å². The van der Waals surface area contributed by atoms with Gasteiger partial charge >= 0.3 is 24.3 Å². The Morgan fingerprint density at radius 1 is 0.816 bits per heavy atom. The van der Waals surface area contributed by atoms with Crippen LogP contribution in [-0.2, 0) is 41.6 Å². The molecule has 0 saturated carbocycles. The molecule has 8 nitrogen and oxygen atoms in total. The lowest BCUT2D eigenvalue weighted by molar-refractivity contribution is -0.152. The van der Waals surface area contributed by atoms with Gasteiger partial charge in [0.05, 0.1) is 48.1 Å². The van der Waals surface area contributed by atoms with Crippen LogP contribution in [-0.4, -0.2) is 48.9 Å². The zero-order valence-corrected chi connectivity index (χ0v) is 27.3. The van der Waals surface area contributed by atoms with E-state index in [0.29, 0.717) is 17.7 Å². The molecule has 0 saturated heterocycles. The lowest BCUT2D eigenvalue weighted by Gasteiger charge is -2.32. The number of alkyl halides is 6. The van der Waals surface area contributed by atoms with E-state index in [9.17, 15) is 49.9 Å². The van der Waals surface area contributed by atoms with Gasteiger partial charge in [0.1, 0.15) is 17.4 Å². The molecular formula is C34H33F7N2O6. The number of anilines is 1. The molecule has 0 fully saturated rings. The van der Waals surface area contributed by atoms with Crippen molar-refractivity contribution >= 4 is 29.3 Å². The number of carbonyl (C=O) groups is 4. The third kappa shape index (κ3) is 8.81. The molecule has 1 heterocycles. The van der Waals surface area contributed by atoms with E-state index in [1.54, 1.807) is 0 Å². The molecule has 49 heavy (non-hydrogen) atoms. The maximum atomic E-state index is 14.1. The van der Waals surface area contributed by atoms with E-state index in [0.717, 1.165) is 37.1 Å². The maximum Gasteiger partial charge on any atom is 0.416 e. The first-order valence-corrected chi connectivity index (χ1v) is 14.8. The van der Waals surface area contributed by atoms with Crippen molar-refractivity contribution < 1.29 is 59.4 Å². The highest BCUT2D eigenvalue weighted by Gasteiger charge is 2.41. The van der Waals surface area contributed by atoms with Gasteiger partial charge in [-0.3, -0.25) is 24.2 Å². The van der Waals surface area contributed by atoms with Gasteiger partial charge in [-0.05, 0) is 87.7 Å². The Balaban J connectivity index is 2.20. The SMILES string of the molecule is CCOC(=O)CC(C(=O)OCC)C(=O)c1cc(-c2ccc(F)cc2C)c(N(C)C(=O)C(C)(C)c2cc(C(F)(F)F)cc(C(F)(F)F)c2)cn1. The summed E-state index contributed by atoms with van der Waals surface area (Å²) in [6, 6.07) is 5.62. The van der Waals surface area contributed by atoms with Crippen molar-refractivity contribution in [3.05, 3.63) is 82.4 Å². The van der Waals surface area contributed by atoms with Crippen molar-refractivity contribution in [3.8, 4) is 11.1 Å². The normalized spacial score (nSPS) is 12.7. The van der Waals surface area contributed by atoms with E-state index >= 15 is 0 Å². The Morgan fingerprint density at radius 2 is 1.37 bits per heavy atom. The molecule has 0 N–H and O–H groups in total. The van der Waals surface area contributed by atoms with E-state index in [2.05, 4.69) is 4.98 Å². The zero-order chi connectivity index (χ0) is 37.1. The van der Waals surface area contributed by atoms with Crippen LogP contribution in [0.3, 0.4) is 0 Å². The number of nitrogens with zero attached hydrogens (tertiary/aromatic N) is 2. The fourth-order valence-electron chi connectivity index (χ4n) is 5.05. The van der Waals surface area contributed by atoms with Gasteiger partial charge in [0.15, 0.2) is 5.78 Å². The quantitative estimate of drug-likeness (QED) is 0.0885. The minimum absolute atomic E-state index is 0.0295. The van der Waals surface area contributed by atoms with E-state index in [1.165, 1.54) is 40.0 Å². The van der Waals surface area contributed by atoms with E-state index in [1.807, 2.05) is 0 Å². The zero-order valence-electron chi connectivity index (χ0n) is 27.3. The standard InChI is InChI=1S/C34H33F7N2O6/c1-7-48-28(44)16-25(30(46)49-8-2)29(45)26-15-24(23-10-9-22(35)11-18(23)3)27(17-42-26)43(6)31(47)32(4,5)19-12-20(33(36,37)38)14-21(13-19)34(39,40)41/h9-15,17,25H,7-8,16H2,1-6H3. The summed E-state index contributed by atoms with van der Waals surface area (Å²) in [6.07, 6.45) is -9.95. The van der Waals surface area contributed by atoms with Crippen LogP contribution in [0.25, 0.3) is 11.1 Å². The average Bonchev–Trinajstić information content (AvgIpc) is 3.01. The number of Topliss-reactive ketones (excluding diaryl/α,β-unsaturated/α-hetero) is 1. The topological polar surface area (TPSA) is 103 Å². The van der Waals surface area contributed by atoms with Crippen LogP contribution in [0.2, 0.25) is 0 Å². The highest BCUT2D eigenvalue weighted by Crippen LogP contribution is 2.41. The van der Waals surface area contributed by atoms with Gasteiger partial charge in [-0.25, -0.2) is 4.39 Å². The van der Waals surface area contributed by atoms with Crippen LogP contribution < -0.4 is 4.90 Å². The minimum atomic E-state index is -5.16. The average molecular weight is 699 g/mol. The summed E-state index contributed by atoms with van der Waals surface area (Å²) < 4.78 is 106. The monoisotopic (exact) mass is 698 g/mol. The Kier molecular flexibility index (Phi) is 11.6. The Bertz CT molecular complexity index is 1720. The molecule has 1 atom stereocenters. The number of hydrogen-bond donors (Lipinski definition) is 0. The summed E-state index contributed by atoms with van der Waals surface area (Å²) >= 11 is 0. The van der Waals surface area contributed by atoms with Crippen molar-refractivity contribution in [2.45, 2.75) is 58.8 Å². The summed E-state index contributed by atoms with van der Waals surface area (Å²) in [6.45, 7) is 6.68. The number of benzene rings is 2. The Labute approximate surface area is 277 Å². The number of ether oxygens (including phenoxy) is 2. The van der Waals surface area contributed by atoms with Gasteiger partial charge in [0.25, 0.3) is 0 Å². The van der Waals surface area contributed by atoms with E-state index in [4.69, 9.17) is 9.47 Å². The largest absolute Gasteiger partial charge is 0.466 e. The molecule has 264 valence electrons. The van der Waals surface area contributed by atoms with Crippen LogP contribution in [0, 0.1) is 18.7 Å². The number of hydrogen-bond acceptors (Lipinski definition) is 7. The second-order valence-electron chi connectivity index (χ2n) is 11.5. The molecule has 3 aromatic rings. The van der Waals surface area contributed by atoms with Crippen LogP contribution in [0.15, 0.2) is 48.7 Å². The third-order valence-corrected chi connectivity index (χ3v) is 7.69. The van der Waals surface area contributed by atoms with E-state index < -0.39 is 76.2 Å². The molecule has 1 amide bonds. The smallest absolute Gasteiger partial charge is 0.416 e. The summed E-state index contributed by atoms with van der Waals surface area (Å²) in [5.74, 6) is -6.09. The van der Waals surface area contributed by atoms with Crippen LogP contribution in [0.4, 0.5) is 36.4 Å². The number of likely N-dealkylation sites (N-methyl/N-ethyl adjacent to an activating group) is 1. The number of esters is 2. The fraction of sp³-hybridized carbons (Fsp3) is 0.382. The number of carbonyl (C=O) groups excluding carboxylic acids is 4. The molecule has 3 rings (SSSR count). The minimum Gasteiger partial charge on any atom is -0.466 e. The number of pyridine rings is 1. The molecule has 0 bridgehead atoms. The van der Waals surface area contributed by atoms with Crippen LogP contribution in [0.5, 0.6) is 0 Å². The second kappa shape index (κ2) is 14.7. The van der Waals surface area contributed by atoms with Crippen LogP contribution in [0.1, 0.15) is 66.9 Å². The summed E-state index contributed by atoms with van der Waals surface area (Å²) in [4.78, 5) is 57.6. The van der Waals surface area contributed by atoms with Crippen molar-refractivity contribution in [1.82, 2.24) is 4.98 Å². The first-order chi connectivity index (χ1) is 22.6. The van der Waals surface area contributed by atoms with E-state index in [-0.39, 0.29) is 41.8 Å². The number of aromatic nitrogens is 1. The Hall–Kier alpha value is -4.82. The molecule has 1 unspecified atom stereocenters. The first kappa shape index (κ1) is 38.6. The first-order valence-electron chi connectivity index (χ1n) is 14.8. The molecule has 0 aliphatic heterocycles. The van der Waals surface area contributed by atoms with Crippen molar-refractivity contribution in [3.63, 3.8) is 0 Å². The Morgan fingerprint density at radius 3 is 1.88 bits per heavy atom. The third-order valence-electron chi connectivity index (χ3n) is 7.69. The predicted molar refractivity (Wildman–Crippen MR) is 163 cm³/mol. The molecule has 1 aromatic heterocycles. The van der Waals surface area contributed by atoms with Gasteiger partial charge in [0.2, 0.25) is 5.91 Å². The highest BCUT2D eigenvalue weighted by molar-refractivity contribution is 6.10. The van der Waals surface area contributed by atoms with Gasteiger partial charge in [-0.2, -0.15) is 26.3 Å². The molecular weight excluding hydrogens is 665 g/mol. The number of rotatable bonds is 11. The summed E-state index contributed by atoms with van der Waals surface area (Å²) in [7, 11) is 1.20. The molecule has 0 aliphatic carbocycles. The number of ketones is 1. The second-order valence-corrected chi connectivity index (χ2v) is 11.5. The molecule has 15 heteroatoms. The maximum absolute atomic E-state index is 14.1. The highest BCUT2D eigenvalue weighted by atomic mass is 19.4. The fourth-order valence-corrected chi connectivity index (χ4v) is 5.05. The molecule has 2 aromatic carbocycles. The molecule has 0 spiro atoms. The summed E-state index contributed by atoms with van der Waals surface area (Å²) in [5, 5.41) is 0. The lowest BCUT2D eigenvalue weighted by atomic mass is 9.81.